The van der Waals surface area contributed by atoms with Gasteiger partial charge in [-0.1, -0.05) is 25.2 Å². The minimum Gasteiger partial charge on any atom is -0.508 e. The van der Waals surface area contributed by atoms with E-state index in [1.54, 1.807) is 6.08 Å². The zero-order valence-corrected chi connectivity index (χ0v) is 7.46. The highest BCUT2D eigenvalue weighted by molar-refractivity contribution is 5.26. The van der Waals surface area contributed by atoms with Gasteiger partial charge in [0.25, 0.3) is 0 Å². The maximum absolute atomic E-state index is 9.30. The number of allylic oxidation sites excluding steroid dienone is 5. The van der Waals surface area contributed by atoms with Gasteiger partial charge in [-0.2, -0.15) is 0 Å². The number of hydrogen-bond acceptors (Lipinski definition) is 1. The Morgan fingerprint density at radius 1 is 1.45 bits per heavy atom. The first-order chi connectivity index (χ1) is 5.22. The lowest BCUT2D eigenvalue weighted by molar-refractivity contribution is 0.421. The van der Waals surface area contributed by atoms with Crippen molar-refractivity contribution in [2.24, 2.45) is 0 Å². The maximum atomic E-state index is 9.30. The van der Waals surface area contributed by atoms with Crippen LogP contribution in [0.4, 0.5) is 0 Å². The number of aliphatic hydroxyl groups is 1. The van der Waals surface area contributed by atoms with Crippen LogP contribution in [0.2, 0.25) is 0 Å². The van der Waals surface area contributed by atoms with Gasteiger partial charge in [0.1, 0.15) is 5.76 Å². The molecule has 0 aromatic heterocycles. The first kappa shape index (κ1) is 10.0. The third-order valence-electron chi connectivity index (χ3n) is 1.34. The Morgan fingerprint density at radius 3 is 2.55 bits per heavy atom. The van der Waals surface area contributed by atoms with Gasteiger partial charge in [0, 0.05) is 0 Å². The van der Waals surface area contributed by atoms with Gasteiger partial charge >= 0.3 is 0 Å². The largest absolute Gasteiger partial charge is 0.508 e. The molecule has 0 saturated heterocycles. The summed E-state index contributed by atoms with van der Waals surface area (Å²) in [5, 5.41) is 9.30. The third-order valence-corrected chi connectivity index (χ3v) is 1.34. The molecule has 0 aliphatic heterocycles. The van der Waals surface area contributed by atoms with Crippen LogP contribution in [0.1, 0.15) is 27.2 Å². The molecule has 1 N–H and O–H groups in total. The van der Waals surface area contributed by atoms with Crippen molar-refractivity contribution in [2.75, 3.05) is 0 Å². The van der Waals surface area contributed by atoms with E-state index in [1.807, 2.05) is 39.0 Å². The average molecular weight is 152 g/mol. The first-order valence-electron chi connectivity index (χ1n) is 3.91. The summed E-state index contributed by atoms with van der Waals surface area (Å²) >= 11 is 0. The second-order valence-electron chi connectivity index (χ2n) is 2.37. The van der Waals surface area contributed by atoms with Gasteiger partial charge in [-0.3, -0.25) is 0 Å². The topological polar surface area (TPSA) is 20.2 Å². The lowest BCUT2D eigenvalue weighted by Gasteiger charge is -1.96. The minimum absolute atomic E-state index is 0.380. The van der Waals surface area contributed by atoms with Crippen molar-refractivity contribution >= 4 is 0 Å². The SMILES string of the molecule is C\C=C/C=C(C)\C(O)=C/CC. The van der Waals surface area contributed by atoms with E-state index >= 15 is 0 Å². The summed E-state index contributed by atoms with van der Waals surface area (Å²) < 4.78 is 0. The zero-order chi connectivity index (χ0) is 8.69. The van der Waals surface area contributed by atoms with Crippen molar-refractivity contribution in [3.63, 3.8) is 0 Å². The predicted molar refractivity (Wildman–Crippen MR) is 49.6 cm³/mol. The van der Waals surface area contributed by atoms with E-state index < -0.39 is 0 Å². The highest BCUT2D eigenvalue weighted by atomic mass is 16.3. The highest BCUT2D eigenvalue weighted by Gasteiger charge is 1.91. The van der Waals surface area contributed by atoms with Crippen LogP contribution in [0.3, 0.4) is 0 Å². The molecule has 0 aromatic rings. The van der Waals surface area contributed by atoms with E-state index in [4.69, 9.17) is 0 Å². The third kappa shape index (κ3) is 4.43. The summed E-state index contributed by atoms with van der Waals surface area (Å²) in [7, 11) is 0. The van der Waals surface area contributed by atoms with Crippen molar-refractivity contribution < 1.29 is 5.11 Å². The van der Waals surface area contributed by atoms with Crippen molar-refractivity contribution in [3.8, 4) is 0 Å². The van der Waals surface area contributed by atoms with Crippen LogP contribution in [0, 0.1) is 0 Å². The molecule has 0 unspecified atom stereocenters. The van der Waals surface area contributed by atoms with Crippen LogP contribution >= 0.6 is 0 Å². The molecule has 0 saturated carbocycles. The van der Waals surface area contributed by atoms with Gasteiger partial charge in [-0.15, -0.1) is 0 Å². The van der Waals surface area contributed by atoms with E-state index in [0.717, 1.165) is 12.0 Å². The van der Waals surface area contributed by atoms with Crippen LogP contribution < -0.4 is 0 Å². The molecule has 1 nitrogen and oxygen atoms in total. The van der Waals surface area contributed by atoms with Crippen molar-refractivity contribution in [2.45, 2.75) is 27.2 Å². The fraction of sp³-hybridized carbons (Fsp3) is 0.400. The van der Waals surface area contributed by atoms with Crippen LogP contribution in [0.15, 0.2) is 35.6 Å². The Balaban J connectivity index is 4.22. The number of hydrogen-bond donors (Lipinski definition) is 1. The Labute approximate surface area is 68.7 Å². The van der Waals surface area contributed by atoms with Crippen LogP contribution in [0.25, 0.3) is 0 Å². The first-order valence-corrected chi connectivity index (χ1v) is 3.91. The average Bonchev–Trinajstić information content (AvgIpc) is 2.00. The van der Waals surface area contributed by atoms with Crippen molar-refractivity contribution in [1.82, 2.24) is 0 Å². The smallest absolute Gasteiger partial charge is 0.114 e. The fourth-order valence-electron chi connectivity index (χ4n) is 0.680. The van der Waals surface area contributed by atoms with Crippen LogP contribution in [0.5, 0.6) is 0 Å². The molecule has 0 aliphatic carbocycles. The molecule has 0 spiro atoms. The molecule has 11 heavy (non-hydrogen) atoms. The van der Waals surface area contributed by atoms with E-state index in [0.29, 0.717) is 5.76 Å². The summed E-state index contributed by atoms with van der Waals surface area (Å²) in [6, 6.07) is 0. The summed E-state index contributed by atoms with van der Waals surface area (Å²) in [5.41, 5.74) is 0.907. The molecular weight excluding hydrogens is 136 g/mol. The van der Waals surface area contributed by atoms with Gasteiger partial charge in [0.05, 0.1) is 0 Å². The second kappa shape index (κ2) is 5.78. The lowest BCUT2D eigenvalue weighted by atomic mass is 10.2. The lowest BCUT2D eigenvalue weighted by Crippen LogP contribution is -1.81. The van der Waals surface area contributed by atoms with Crippen LogP contribution in [-0.2, 0) is 0 Å². The molecule has 62 valence electrons. The maximum Gasteiger partial charge on any atom is 0.114 e. The van der Waals surface area contributed by atoms with E-state index in [1.165, 1.54) is 0 Å². The van der Waals surface area contributed by atoms with Gasteiger partial charge in [-0.05, 0) is 31.9 Å². The molecule has 0 aromatic carbocycles. The Kier molecular flexibility index (Phi) is 5.26. The summed E-state index contributed by atoms with van der Waals surface area (Å²) in [6.45, 7) is 5.84. The Hall–Kier alpha value is -0.980. The molecule has 0 heterocycles. The Bertz CT molecular complexity index is 185. The van der Waals surface area contributed by atoms with Gasteiger partial charge in [-0.25, -0.2) is 0 Å². The normalized spacial score (nSPS) is 14.5. The number of rotatable bonds is 3. The highest BCUT2D eigenvalue weighted by Crippen LogP contribution is 2.05. The molecule has 0 aliphatic rings. The molecule has 0 rings (SSSR count). The fourth-order valence-corrected chi connectivity index (χ4v) is 0.680. The summed E-state index contributed by atoms with van der Waals surface area (Å²) in [4.78, 5) is 0. The second-order valence-corrected chi connectivity index (χ2v) is 2.37. The predicted octanol–water partition coefficient (Wildman–Crippen LogP) is 3.36. The van der Waals surface area contributed by atoms with E-state index in [2.05, 4.69) is 0 Å². The molecule has 0 fully saturated rings. The molecule has 0 atom stereocenters. The molecular formula is C10H16O. The van der Waals surface area contributed by atoms with Gasteiger partial charge in [0.15, 0.2) is 0 Å². The summed E-state index contributed by atoms with van der Waals surface area (Å²) in [5.74, 6) is 0.380. The summed E-state index contributed by atoms with van der Waals surface area (Å²) in [6.07, 6.45) is 8.40. The standard InChI is InChI=1S/C10H16O/c1-4-6-8-9(3)10(11)7-5-2/h4,6-8,11H,5H2,1-3H3/b6-4-,9-8-,10-7+. The zero-order valence-electron chi connectivity index (χ0n) is 7.46. The van der Waals surface area contributed by atoms with Crippen LogP contribution in [-0.4, -0.2) is 5.11 Å². The molecule has 0 amide bonds. The Morgan fingerprint density at radius 2 is 2.09 bits per heavy atom. The van der Waals surface area contributed by atoms with E-state index in [-0.39, 0.29) is 0 Å². The quantitative estimate of drug-likeness (QED) is 0.485. The molecule has 0 radical (unpaired) electrons. The minimum atomic E-state index is 0.380. The molecule has 0 bridgehead atoms. The monoisotopic (exact) mass is 152 g/mol. The number of aliphatic hydroxyl groups excluding tert-OH is 1. The van der Waals surface area contributed by atoms with E-state index in [9.17, 15) is 5.11 Å². The van der Waals surface area contributed by atoms with Crippen molar-refractivity contribution in [1.29, 1.82) is 0 Å². The van der Waals surface area contributed by atoms with Gasteiger partial charge < -0.3 is 5.11 Å². The molecule has 1 heteroatoms. The van der Waals surface area contributed by atoms with Crippen molar-refractivity contribution in [3.05, 3.63) is 35.6 Å². The van der Waals surface area contributed by atoms with Gasteiger partial charge in [0.2, 0.25) is 0 Å².